The fourth-order valence-corrected chi connectivity index (χ4v) is 2.77. The fraction of sp³-hybridized carbons (Fsp3) is 0.556. The van der Waals surface area contributed by atoms with E-state index >= 15 is 0 Å². The molecule has 1 aliphatic rings. The maximum absolute atomic E-state index is 12.3. The first-order chi connectivity index (χ1) is 10.9. The number of rotatable bonds is 7. The van der Waals surface area contributed by atoms with Crippen molar-refractivity contribution in [1.29, 1.82) is 0 Å². The molecular formula is C18H25NO4. The summed E-state index contributed by atoms with van der Waals surface area (Å²) in [4.78, 5) is 24.2. The van der Waals surface area contributed by atoms with E-state index in [1.807, 2.05) is 44.2 Å². The fourth-order valence-electron chi connectivity index (χ4n) is 2.77. The zero-order chi connectivity index (χ0) is 17.1. The minimum Gasteiger partial charge on any atom is -0.459 e. The summed E-state index contributed by atoms with van der Waals surface area (Å²) in [6.45, 7) is 7.45. The molecule has 1 aromatic carbocycles. The smallest absolute Gasteiger partial charge is 0.338 e. The number of hydrogen-bond acceptors (Lipinski definition) is 4. The predicted molar refractivity (Wildman–Crippen MR) is 86.3 cm³/mol. The lowest BCUT2D eigenvalue weighted by Gasteiger charge is -2.49. The molecule has 0 bridgehead atoms. The Balaban J connectivity index is 1.95. The molecule has 1 atom stereocenters. The summed E-state index contributed by atoms with van der Waals surface area (Å²) in [5.74, 6) is -0.454. The third kappa shape index (κ3) is 3.39. The van der Waals surface area contributed by atoms with Gasteiger partial charge in [-0.15, -0.1) is 0 Å². The molecule has 0 spiro atoms. The van der Waals surface area contributed by atoms with Crippen LogP contribution in [0.1, 0.15) is 46.1 Å². The largest absolute Gasteiger partial charge is 0.459 e. The number of ether oxygens (including phenoxy) is 2. The highest BCUT2D eigenvalue weighted by Crippen LogP contribution is 2.40. The van der Waals surface area contributed by atoms with Crippen LogP contribution in [0, 0.1) is 5.41 Å². The Bertz CT molecular complexity index is 564. The first kappa shape index (κ1) is 17.5. The van der Waals surface area contributed by atoms with E-state index in [1.165, 1.54) is 0 Å². The van der Waals surface area contributed by atoms with Crippen molar-refractivity contribution in [3.8, 4) is 0 Å². The van der Waals surface area contributed by atoms with Gasteiger partial charge in [0.25, 0.3) is 0 Å². The molecule has 1 fully saturated rings. The van der Waals surface area contributed by atoms with E-state index < -0.39 is 23.2 Å². The quantitative estimate of drug-likeness (QED) is 0.620. The molecule has 1 aromatic rings. The van der Waals surface area contributed by atoms with Crippen molar-refractivity contribution in [3.63, 3.8) is 0 Å². The van der Waals surface area contributed by atoms with Crippen LogP contribution in [0.5, 0.6) is 0 Å². The molecule has 1 heterocycles. The maximum Gasteiger partial charge on any atom is 0.338 e. The number of hydrogen-bond donors (Lipinski definition) is 1. The van der Waals surface area contributed by atoms with Crippen LogP contribution in [0.3, 0.4) is 0 Å². The lowest BCUT2D eigenvalue weighted by Crippen LogP contribution is -2.69. The second-order valence-electron chi connectivity index (χ2n) is 6.41. The predicted octanol–water partition coefficient (Wildman–Crippen LogP) is 2.79. The van der Waals surface area contributed by atoms with Crippen LogP contribution in [-0.4, -0.2) is 23.7 Å². The zero-order valence-electron chi connectivity index (χ0n) is 14.2. The minimum atomic E-state index is -1.12. The van der Waals surface area contributed by atoms with Crippen molar-refractivity contribution in [2.75, 3.05) is 0 Å². The highest BCUT2D eigenvalue weighted by atomic mass is 16.6. The Labute approximate surface area is 137 Å². The molecular weight excluding hydrogens is 294 g/mol. The highest BCUT2D eigenvalue weighted by Gasteiger charge is 2.55. The molecule has 0 aliphatic carbocycles. The van der Waals surface area contributed by atoms with Crippen molar-refractivity contribution in [2.45, 2.75) is 59.0 Å². The molecule has 1 N–H and O–H groups in total. The highest BCUT2D eigenvalue weighted by molar-refractivity contribution is 5.89. The van der Waals surface area contributed by atoms with Gasteiger partial charge in [-0.25, -0.2) is 4.79 Å². The summed E-state index contributed by atoms with van der Waals surface area (Å²) in [5, 5.41) is 2.75. The first-order valence-corrected chi connectivity index (χ1v) is 8.05. The summed E-state index contributed by atoms with van der Waals surface area (Å²) in [6, 6.07) is 9.49. The van der Waals surface area contributed by atoms with Gasteiger partial charge >= 0.3 is 5.97 Å². The van der Waals surface area contributed by atoms with Gasteiger partial charge in [-0.05, 0) is 32.3 Å². The van der Waals surface area contributed by atoms with Crippen molar-refractivity contribution >= 4 is 11.9 Å². The molecule has 1 aliphatic heterocycles. The molecule has 1 saturated heterocycles. The van der Waals surface area contributed by atoms with E-state index in [-0.39, 0.29) is 12.5 Å². The van der Waals surface area contributed by atoms with Gasteiger partial charge in [-0.1, -0.05) is 44.2 Å². The van der Waals surface area contributed by atoms with Crippen molar-refractivity contribution < 1.29 is 19.1 Å². The van der Waals surface area contributed by atoms with Crippen LogP contribution in [0.2, 0.25) is 0 Å². The number of nitrogens with one attached hydrogen (secondary N) is 1. The average molecular weight is 319 g/mol. The van der Waals surface area contributed by atoms with Gasteiger partial charge in [0.05, 0.1) is 5.41 Å². The number of carbonyl (C=O) groups excluding carboxylic acids is 2. The molecule has 0 saturated carbocycles. The number of carbonyl (C=O) groups is 2. The molecule has 1 amide bonds. The van der Waals surface area contributed by atoms with E-state index in [2.05, 4.69) is 5.32 Å². The van der Waals surface area contributed by atoms with E-state index in [0.29, 0.717) is 12.8 Å². The Morgan fingerprint density at radius 2 is 1.83 bits per heavy atom. The van der Waals surface area contributed by atoms with Crippen LogP contribution >= 0.6 is 0 Å². The Hall–Kier alpha value is -1.88. The maximum atomic E-state index is 12.3. The summed E-state index contributed by atoms with van der Waals surface area (Å²) in [7, 11) is 0. The van der Waals surface area contributed by atoms with E-state index in [9.17, 15) is 9.59 Å². The Kier molecular flexibility index (Phi) is 5.09. The topological polar surface area (TPSA) is 64.6 Å². The minimum absolute atomic E-state index is 0.0130. The summed E-state index contributed by atoms with van der Waals surface area (Å²) in [6.07, 6.45) is 0.897. The van der Waals surface area contributed by atoms with Crippen LogP contribution in [0.15, 0.2) is 30.3 Å². The third-order valence-corrected chi connectivity index (χ3v) is 4.59. The van der Waals surface area contributed by atoms with E-state index in [4.69, 9.17) is 9.47 Å². The lowest BCUT2D eigenvalue weighted by molar-refractivity contribution is -0.212. The van der Waals surface area contributed by atoms with Gasteiger partial charge in [0.2, 0.25) is 5.91 Å². The average Bonchev–Trinajstić information content (AvgIpc) is 2.54. The molecule has 1 unspecified atom stereocenters. The van der Waals surface area contributed by atoms with Crippen LogP contribution in [0.25, 0.3) is 0 Å². The van der Waals surface area contributed by atoms with Crippen molar-refractivity contribution in [2.24, 2.45) is 5.41 Å². The number of amides is 1. The monoisotopic (exact) mass is 319 g/mol. The van der Waals surface area contributed by atoms with E-state index in [0.717, 1.165) is 5.56 Å². The summed E-state index contributed by atoms with van der Waals surface area (Å²) >= 11 is 0. The second-order valence-corrected chi connectivity index (χ2v) is 6.41. The lowest BCUT2D eigenvalue weighted by atomic mass is 9.73. The summed E-state index contributed by atoms with van der Waals surface area (Å²) in [5.41, 5.74) is -0.746. The van der Waals surface area contributed by atoms with Gasteiger partial charge in [0, 0.05) is 0 Å². The van der Waals surface area contributed by atoms with Crippen molar-refractivity contribution in [3.05, 3.63) is 35.9 Å². The SMILES string of the molecule is CCC1(CC)C(=O)NC1OC(C)(C)C(=O)OCc1ccccc1. The first-order valence-electron chi connectivity index (χ1n) is 8.05. The molecule has 23 heavy (non-hydrogen) atoms. The normalized spacial score (nSPS) is 19.7. The summed E-state index contributed by atoms with van der Waals surface area (Å²) < 4.78 is 11.2. The van der Waals surface area contributed by atoms with E-state index in [1.54, 1.807) is 13.8 Å². The van der Waals surface area contributed by atoms with Crippen LogP contribution in [-0.2, 0) is 25.7 Å². The molecule has 0 radical (unpaired) electrons. The van der Waals surface area contributed by atoms with Gasteiger partial charge in [-0.2, -0.15) is 0 Å². The molecule has 5 heteroatoms. The Morgan fingerprint density at radius 3 is 2.35 bits per heavy atom. The van der Waals surface area contributed by atoms with Crippen LogP contribution in [0.4, 0.5) is 0 Å². The zero-order valence-corrected chi connectivity index (χ0v) is 14.2. The van der Waals surface area contributed by atoms with Gasteiger partial charge in [0.15, 0.2) is 5.60 Å². The van der Waals surface area contributed by atoms with Gasteiger partial charge < -0.3 is 14.8 Å². The van der Waals surface area contributed by atoms with Gasteiger partial charge in [-0.3, -0.25) is 4.79 Å². The molecule has 126 valence electrons. The molecule has 2 rings (SSSR count). The standard InChI is InChI=1S/C18H25NO4/c1-5-18(6-2)14(20)19-15(18)23-17(3,4)16(21)22-12-13-10-8-7-9-11-13/h7-11,15H,5-6,12H2,1-4H3,(H,19,20). The van der Waals surface area contributed by atoms with Crippen LogP contribution < -0.4 is 5.32 Å². The third-order valence-electron chi connectivity index (χ3n) is 4.59. The molecule has 0 aromatic heterocycles. The number of benzene rings is 1. The number of β-lactam (4-membered cyclic amide) rings is 1. The molecule has 5 nitrogen and oxygen atoms in total. The Morgan fingerprint density at radius 1 is 1.22 bits per heavy atom. The van der Waals surface area contributed by atoms with Gasteiger partial charge in [0.1, 0.15) is 12.8 Å². The van der Waals surface area contributed by atoms with Crippen molar-refractivity contribution in [1.82, 2.24) is 5.32 Å². The number of esters is 1. The second kappa shape index (κ2) is 6.71.